The van der Waals surface area contributed by atoms with Crippen molar-refractivity contribution in [3.63, 3.8) is 0 Å². The summed E-state index contributed by atoms with van der Waals surface area (Å²) in [7, 11) is 0. The van der Waals surface area contributed by atoms with Gasteiger partial charge in [-0.15, -0.1) is 0 Å². The predicted molar refractivity (Wildman–Crippen MR) is 134 cm³/mol. The molecule has 1 N–H and O–H groups in total. The molecule has 0 unspecified atom stereocenters. The van der Waals surface area contributed by atoms with Gasteiger partial charge in [-0.25, -0.2) is 0 Å². The zero-order chi connectivity index (χ0) is 24.0. The normalized spacial score (nSPS) is 14.5. The fourth-order valence-electron chi connectivity index (χ4n) is 2.88. The second-order valence-electron chi connectivity index (χ2n) is 6.69. The summed E-state index contributed by atoms with van der Waals surface area (Å²) < 4.78 is 12.0. The van der Waals surface area contributed by atoms with Crippen LogP contribution in [0.15, 0.2) is 58.4 Å². The van der Waals surface area contributed by atoms with Gasteiger partial charge in [0.15, 0.2) is 11.5 Å². The van der Waals surface area contributed by atoms with E-state index in [1.54, 1.807) is 42.5 Å². The van der Waals surface area contributed by atoms with Crippen molar-refractivity contribution in [2.45, 2.75) is 6.92 Å². The standard InChI is InChI=1S/C23H20BrClN2O5S/c1-3-9-32-21-17(25)10-14(11-18(21)31-4-2)12-19-22(29)27(23(30)33-19)13-20(28)26-16-7-5-15(24)6-8-16/h3,5-8,10-12H,1,4,9,13H2,2H3,(H,26,28)/b19-12+. The van der Waals surface area contributed by atoms with Gasteiger partial charge in [-0.3, -0.25) is 19.3 Å². The predicted octanol–water partition coefficient (Wildman–Crippen LogP) is 5.74. The first-order valence-corrected chi connectivity index (χ1v) is 11.8. The number of rotatable bonds is 9. The van der Waals surface area contributed by atoms with Gasteiger partial charge in [-0.1, -0.05) is 40.2 Å². The summed E-state index contributed by atoms with van der Waals surface area (Å²) in [6, 6.07) is 10.2. The topological polar surface area (TPSA) is 84.9 Å². The van der Waals surface area contributed by atoms with Crippen LogP contribution in [0.5, 0.6) is 11.5 Å². The van der Waals surface area contributed by atoms with E-state index >= 15 is 0 Å². The molecular weight excluding hydrogens is 532 g/mol. The van der Waals surface area contributed by atoms with Crippen LogP contribution in [-0.2, 0) is 9.59 Å². The molecule has 33 heavy (non-hydrogen) atoms. The number of carbonyl (C=O) groups is 3. The summed E-state index contributed by atoms with van der Waals surface area (Å²) in [4.78, 5) is 38.6. The van der Waals surface area contributed by atoms with E-state index in [0.29, 0.717) is 34.4 Å². The molecule has 0 aliphatic carbocycles. The molecule has 0 atom stereocenters. The molecule has 1 aliphatic heterocycles. The van der Waals surface area contributed by atoms with Crippen LogP contribution in [0.2, 0.25) is 5.02 Å². The smallest absolute Gasteiger partial charge is 0.294 e. The second kappa shape index (κ2) is 11.4. The first-order valence-electron chi connectivity index (χ1n) is 9.83. The molecule has 1 saturated heterocycles. The molecule has 0 aromatic heterocycles. The number of imide groups is 1. The molecule has 0 radical (unpaired) electrons. The van der Waals surface area contributed by atoms with E-state index < -0.39 is 23.6 Å². The average Bonchev–Trinajstić information content (AvgIpc) is 3.02. The second-order valence-corrected chi connectivity index (χ2v) is 9.00. The zero-order valence-corrected chi connectivity index (χ0v) is 20.8. The number of halogens is 2. The Balaban J connectivity index is 1.76. The highest BCUT2D eigenvalue weighted by atomic mass is 79.9. The maximum absolute atomic E-state index is 12.8. The third-order valence-electron chi connectivity index (χ3n) is 4.28. The minimum atomic E-state index is -0.558. The highest BCUT2D eigenvalue weighted by molar-refractivity contribution is 9.10. The Bertz CT molecular complexity index is 1120. The molecule has 7 nitrogen and oxygen atoms in total. The van der Waals surface area contributed by atoms with E-state index in [9.17, 15) is 14.4 Å². The summed E-state index contributed by atoms with van der Waals surface area (Å²) in [5.41, 5.74) is 1.11. The molecule has 2 aromatic carbocycles. The van der Waals surface area contributed by atoms with Crippen molar-refractivity contribution >= 4 is 68.1 Å². The molecule has 3 rings (SSSR count). The van der Waals surface area contributed by atoms with Gasteiger partial charge in [-0.2, -0.15) is 0 Å². The first kappa shape index (κ1) is 24.9. The lowest BCUT2D eigenvalue weighted by Gasteiger charge is -2.14. The average molecular weight is 552 g/mol. The molecule has 0 saturated carbocycles. The highest BCUT2D eigenvalue weighted by Crippen LogP contribution is 2.39. The Morgan fingerprint density at radius 2 is 1.97 bits per heavy atom. The largest absolute Gasteiger partial charge is 0.490 e. The maximum Gasteiger partial charge on any atom is 0.294 e. The summed E-state index contributed by atoms with van der Waals surface area (Å²) >= 11 is 10.4. The van der Waals surface area contributed by atoms with Gasteiger partial charge in [-0.05, 0) is 66.7 Å². The Kier molecular flexibility index (Phi) is 8.60. The van der Waals surface area contributed by atoms with Gasteiger partial charge in [0.2, 0.25) is 5.91 Å². The van der Waals surface area contributed by atoms with E-state index in [4.69, 9.17) is 21.1 Å². The minimum absolute atomic E-state index is 0.176. The Morgan fingerprint density at radius 3 is 2.64 bits per heavy atom. The highest BCUT2D eigenvalue weighted by Gasteiger charge is 2.36. The number of amides is 3. The Hall–Kier alpha value is -2.75. The van der Waals surface area contributed by atoms with Crippen molar-refractivity contribution < 1.29 is 23.9 Å². The van der Waals surface area contributed by atoms with E-state index in [1.165, 1.54) is 6.08 Å². The van der Waals surface area contributed by atoms with Crippen LogP contribution < -0.4 is 14.8 Å². The van der Waals surface area contributed by atoms with Crippen molar-refractivity contribution in [3.05, 3.63) is 69.0 Å². The zero-order valence-electron chi connectivity index (χ0n) is 17.6. The van der Waals surface area contributed by atoms with Gasteiger partial charge < -0.3 is 14.8 Å². The number of nitrogens with one attached hydrogen (secondary N) is 1. The van der Waals surface area contributed by atoms with Crippen LogP contribution in [-0.4, -0.2) is 41.7 Å². The molecule has 0 bridgehead atoms. The lowest BCUT2D eigenvalue weighted by molar-refractivity contribution is -0.127. The van der Waals surface area contributed by atoms with Crippen LogP contribution in [0.1, 0.15) is 12.5 Å². The van der Waals surface area contributed by atoms with Gasteiger partial charge in [0.1, 0.15) is 13.2 Å². The molecule has 3 amide bonds. The van der Waals surface area contributed by atoms with Gasteiger partial charge in [0.05, 0.1) is 16.5 Å². The van der Waals surface area contributed by atoms with Crippen LogP contribution in [0.25, 0.3) is 6.08 Å². The summed E-state index contributed by atoms with van der Waals surface area (Å²) in [5.74, 6) is -0.261. The van der Waals surface area contributed by atoms with Crippen molar-refractivity contribution in [2.24, 2.45) is 0 Å². The number of carbonyl (C=O) groups excluding carboxylic acids is 3. The number of hydrogen-bond acceptors (Lipinski definition) is 6. The molecule has 2 aromatic rings. The molecule has 10 heteroatoms. The van der Waals surface area contributed by atoms with Gasteiger partial charge in [0.25, 0.3) is 11.1 Å². The molecule has 1 fully saturated rings. The quantitative estimate of drug-likeness (QED) is 0.316. The van der Waals surface area contributed by atoms with Crippen LogP contribution in [0.4, 0.5) is 10.5 Å². The van der Waals surface area contributed by atoms with Crippen molar-refractivity contribution in [2.75, 3.05) is 25.1 Å². The Labute approximate surface area is 208 Å². The monoisotopic (exact) mass is 550 g/mol. The summed E-state index contributed by atoms with van der Waals surface area (Å²) in [6.45, 7) is 5.68. The number of hydrogen-bond donors (Lipinski definition) is 1. The fraction of sp³-hybridized carbons (Fsp3) is 0.174. The van der Waals surface area contributed by atoms with E-state index in [2.05, 4.69) is 27.8 Å². The number of anilines is 1. The molecule has 1 heterocycles. The maximum atomic E-state index is 12.8. The van der Waals surface area contributed by atoms with Gasteiger partial charge >= 0.3 is 0 Å². The van der Waals surface area contributed by atoms with E-state index in [0.717, 1.165) is 21.1 Å². The number of ether oxygens (including phenoxy) is 2. The lowest BCUT2D eigenvalue weighted by Crippen LogP contribution is -2.36. The van der Waals surface area contributed by atoms with Crippen LogP contribution >= 0.6 is 39.3 Å². The SMILES string of the molecule is C=CCOc1c(Cl)cc(/C=C2/SC(=O)N(CC(=O)Nc3ccc(Br)cc3)C2=O)cc1OCC. The lowest BCUT2D eigenvalue weighted by atomic mass is 10.1. The molecule has 0 spiro atoms. The van der Waals surface area contributed by atoms with Crippen molar-refractivity contribution in [3.8, 4) is 11.5 Å². The summed E-state index contributed by atoms with van der Waals surface area (Å²) in [6.07, 6.45) is 3.12. The fourth-order valence-corrected chi connectivity index (χ4v) is 4.26. The molecule has 1 aliphatic rings. The molecular formula is C23H20BrClN2O5S. The molecule has 172 valence electrons. The van der Waals surface area contributed by atoms with Crippen molar-refractivity contribution in [1.82, 2.24) is 4.90 Å². The van der Waals surface area contributed by atoms with Crippen molar-refractivity contribution in [1.29, 1.82) is 0 Å². The van der Waals surface area contributed by atoms with Crippen LogP contribution in [0, 0.1) is 0 Å². The third kappa shape index (κ3) is 6.40. The number of thioether (sulfide) groups is 1. The number of nitrogens with zero attached hydrogens (tertiary/aromatic N) is 1. The van der Waals surface area contributed by atoms with E-state index in [1.807, 2.05) is 6.92 Å². The third-order valence-corrected chi connectivity index (χ3v) is 6.00. The van der Waals surface area contributed by atoms with Gasteiger partial charge in [0, 0.05) is 10.2 Å². The van der Waals surface area contributed by atoms with Crippen LogP contribution in [0.3, 0.4) is 0 Å². The van der Waals surface area contributed by atoms with E-state index in [-0.39, 0.29) is 11.5 Å². The Morgan fingerprint density at radius 1 is 1.24 bits per heavy atom. The summed E-state index contributed by atoms with van der Waals surface area (Å²) in [5, 5.41) is 2.43. The number of benzene rings is 2. The first-order chi connectivity index (χ1) is 15.8. The minimum Gasteiger partial charge on any atom is -0.490 e.